The minimum Gasteiger partial charge on any atom is -0.326 e. The van der Waals surface area contributed by atoms with Crippen LogP contribution in [0.2, 0.25) is 0 Å². The molecule has 0 fully saturated rings. The van der Waals surface area contributed by atoms with Crippen molar-refractivity contribution in [1.29, 1.82) is 0 Å². The van der Waals surface area contributed by atoms with Crippen molar-refractivity contribution < 1.29 is 4.84 Å². The molecule has 1 rings (SSSR count). The summed E-state index contributed by atoms with van der Waals surface area (Å²) in [5.41, 5.74) is 7.01. The molecule has 0 radical (unpaired) electrons. The Bertz CT molecular complexity index is 263. The van der Waals surface area contributed by atoms with E-state index in [1.54, 1.807) is 24.6 Å². The highest BCUT2D eigenvalue weighted by molar-refractivity contribution is 5.16. The van der Waals surface area contributed by atoms with Gasteiger partial charge in [0.1, 0.15) is 0 Å². The minimum absolute atomic E-state index is 0.00218. The van der Waals surface area contributed by atoms with E-state index >= 15 is 0 Å². The first kappa shape index (κ1) is 11.1. The highest BCUT2D eigenvalue weighted by Gasteiger charge is 2.20. The van der Waals surface area contributed by atoms with E-state index in [0.717, 1.165) is 5.56 Å². The number of aromatic nitrogens is 1. The second-order valence-electron chi connectivity index (χ2n) is 3.31. The Labute approximate surface area is 84.6 Å². The summed E-state index contributed by atoms with van der Waals surface area (Å²) in [5, 5.41) is 1.75. The van der Waals surface area contributed by atoms with Crippen molar-refractivity contribution in [3.8, 4) is 0 Å². The molecule has 0 spiro atoms. The zero-order valence-electron chi connectivity index (χ0n) is 8.84. The lowest BCUT2D eigenvalue weighted by Gasteiger charge is -2.29. The van der Waals surface area contributed by atoms with Crippen molar-refractivity contribution in [1.82, 2.24) is 10.0 Å². The summed E-state index contributed by atoms with van der Waals surface area (Å²) < 4.78 is 0. The topological polar surface area (TPSA) is 51.4 Å². The summed E-state index contributed by atoms with van der Waals surface area (Å²) in [4.78, 5) is 9.13. The first-order valence-corrected chi connectivity index (χ1v) is 4.59. The maximum Gasteiger partial charge on any atom is 0.0748 e. The van der Waals surface area contributed by atoms with Crippen LogP contribution in [0.5, 0.6) is 0 Å². The van der Waals surface area contributed by atoms with Gasteiger partial charge in [-0.2, -0.15) is 5.06 Å². The van der Waals surface area contributed by atoms with Crippen LogP contribution in [0.3, 0.4) is 0 Å². The van der Waals surface area contributed by atoms with Crippen LogP contribution < -0.4 is 5.73 Å². The van der Waals surface area contributed by atoms with Gasteiger partial charge in [-0.15, -0.1) is 0 Å². The normalized spacial score (nSPS) is 15.5. The summed E-state index contributed by atoms with van der Waals surface area (Å²) in [6.45, 7) is 1.96. The summed E-state index contributed by atoms with van der Waals surface area (Å²) in [7, 11) is 3.50. The van der Waals surface area contributed by atoms with E-state index in [4.69, 9.17) is 10.6 Å². The maximum absolute atomic E-state index is 5.90. The van der Waals surface area contributed by atoms with E-state index < -0.39 is 0 Å². The Morgan fingerprint density at radius 1 is 1.43 bits per heavy atom. The lowest BCUT2D eigenvalue weighted by Crippen LogP contribution is -2.36. The molecule has 2 unspecified atom stereocenters. The standard InChI is InChI=1S/C10H17N3O/c1-8(11)10(13(2)14-3)9-4-6-12-7-5-9/h4-8,10H,11H2,1-3H3. The van der Waals surface area contributed by atoms with Crippen LogP contribution >= 0.6 is 0 Å². The molecular weight excluding hydrogens is 178 g/mol. The molecule has 0 aliphatic rings. The van der Waals surface area contributed by atoms with Gasteiger partial charge in [-0.25, -0.2) is 0 Å². The Hall–Kier alpha value is -0.970. The van der Waals surface area contributed by atoms with Crippen LogP contribution in [-0.4, -0.2) is 30.2 Å². The molecule has 0 aliphatic heterocycles. The third kappa shape index (κ3) is 2.51. The highest BCUT2D eigenvalue weighted by atomic mass is 16.7. The van der Waals surface area contributed by atoms with Crippen molar-refractivity contribution in [3.63, 3.8) is 0 Å². The molecule has 1 heterocycles. The second kappa shape index (κ2) is 5.05. The van der Waals surface area contributed by atoms with Crippen molar-refractivity contribution in [2.45, 2.75) is 19.0 Å². The number of pyridine rings is 1. The summed E-state index contributed by atoms with van der Waals surface area (Å²) in [6.07, 6.45) is 3.52. The van der Waals surface area contributed by atoms with E-state index in [2.05, 4.69) is 4.98 Å². The number of hydrogen-bond donors (Lipinski definition) is 1. The van der Waals surface area contributed by atoms with Crippen molar-refractivity contribution >= 4 is 0 Å². The van der Waals surface area contributed by atoms with E-state index in [1.165, 1.54) is 0 Å². The predicted octanol–water partition coefficient (Wildman–Crippen LogP) is 0.963. The molecule has 0 saturated heterocycles. The molecule has 4 heteroatoms. The number of nitrogens with two attached hydrogens (primary N) is 1. The van der Waals surface area contributed by atoms with Gasteiger partial charge in [-0.05, 0) is 24.6 Å². The van der Waals surface area contributed by atoms with Crippen molar-refractivity contribution in [2.24, 2.45) is 5.73 Å². The van der Waals surface area contributed by atoms with E-state index in [0.29, 0.717) is 0 Å². The highest BCUT2D eigenvalue weighted by Crippen LogP contribution is 2.20. The molecule has 1 aromatic rings. The van der Waals surface area contributed by atoms with Crippen LogP contribution in [-0.2, 0) is 4.84 Å². The van der Waals surface area contributed by atoms with Gasteiger partial charge < -0.3 is 10.6 Å². The molecule has 2 atom stereocenters. The average molecular weight is 195 g/mol. The maximum atomic E-state index is 5.90. The van der Waals surface area contributed by atoms with Crippen molar-refractivity contribution in [3.05, 3.63) is 30.1 Å². The predicted molar refractivity (Wildman–Crippen MR) is 55.4 cm³/mol. The van der Waals surface area contributed by atoms with E-state index in [-0.39, 0.29) is 12.1 Å². The zero-order chi connectivity index (χ0) is 10.6. The third-order valence-corrected chi connectivity index (χ3v) is 2.23. The molecule has 2 N–H and O–H groups in total. The first-order valence-electron chi connectivity index (χ1n) is 4.59. The number of hydroxylamine groups is 2. The Kier molecular flexibility index (Phi) is 4.00. The molecule has 1 aromatic heterocycles. The zero-order valence-corrected chi connectivity index (χ0v) is 8.84. The molecule has 14 heavy (non-hydrogen) atoms. The van der Waals surface area contributed by atoms with Crippen LogP contribution in [0.25, 0.3) is 0 Å². The smallest absolute Gasteiger partial charge is 0.0748 e. The van der Waals surface area contributed by atoms with Crippen LogP contribution in [0.1, 0.15) is 18.5 Å². The Balaban J connectivity index is 2.89. The van der Waals surface area contributed by atoms with Crippen LogP contribution in [0.15, 0.2) is 24.5 Å². The lowest BCUT2D eigenvalue weighted by atomic mass is 10.0. The number of nitrogens with zero attached hydrogens (tertiary/aromatic N) is 2. The van der Waals surface area contributed by atoms with Gasteiger partial charge in [0.15, 0.2) is 0 Å². The second-order valence-corrected chi connectivity index (χ2v) is 3.31. The monoisotopic (exact) mass is 195 g/mol. The van der Waals surface area contributed by atoms with Gasteiger partial charge in [0.2, 0.25) is 0 Å². The summed E-state index contributed by atoms with van der Waals surface area (Å²) in [6, 6.07) is 3.96. The summed E-state index contributed by atoms with van der Waals surface area (Å²) in [5.74, 6) is 0. The van der Waals surface area contributed by atoms with Gasteiger partial charge in [-0.1, -0.05) is 0 Å². The molecule has 0 aliphatic carbocycles. The van der Waals surface area contributed by atoms with Crippen LogP contribution in [0, 0.1) is 0 Å². The average Bonchev–Trinajstić information content (AvgIpc) is 2.19. The molecule has 4 nitrogen and oxygen atoms in total. The third-order valence-electron chi connectivity index (χ3n) is 2.23. The van der Waals surface area contributed by atoms with E-state index in [1.807, 2.05) is 26.1 Å². The molecule has 0 bridgehead atoms. The fourth-order valence-corrected chi connectivity index (χ4v) is 1.52. The van der Waals surface area contributed by atoms with Gasteiger partial charge >= 0.3 is 0 Å². The Morgan fingerprint density at radius 2 is 2.00 bits per heavy atom. The van der Waals surface area contributed by atoms with Gasteiger partial charge in [0.25, 0.3) is 0 Å². The van der Waals surface area contributed by atoms with Gasteiger partial charge in [0, 0.05) is 25.5 Å². The van der Waals surface area contributed by atoms with E-state index in [9.17, 15) is 0 Å². The first-order chi connectivity index (χ1) is 6.66. The van der Waals surface area contributed by atoms with Crippen LogP contribution in [0.4, 0.5) is 0 Å². The molecule has 0 saturated carbocycles. The number of likely N-dealkylation sites (N-methyl/N-ethyl adjacent to an activating group) is 1. The molecule has 78 valence electrons. The van der Waals surface area contributed by atoms with Crippen molar-refractivity contribution in [2.75, 3.05) is 14.2 Å². The fraction of sp³-hybridized carbons (Fsp3) is 0.500. The van der Waals surface area contributed by atoms with Gasteiger partial charge in [-0.3, -0.25) is 4.98 Å². The quantitative estimate of drug-likeness (QED) is 0.727. The minimum atomic E-state index is 0.00218. The van der Waals surface area contributed by atoms with Gasteiger partial charge in [0.05, 0.1) is 13.2 Å². The Morgan fingerprint density at radius 3 is 2.43 bits per heavy atom. The molecule has 0 aromatic carbocycles. The lowest BCUT2D eigenvalue weighted by molar-refractivity contribution is -0.146. The number of hydrogen-bond acceptors (Lipinski definition) is 4. The molecule has 0 amide bonds. The number of rotatable bonds is 4. The summed E-state index contributed by atoms with van der Waals surface area (Å²) >= 11 is 0. The largest absolute Gasteiger partial charge is 0.326 e. The molecular formula is C10H17N3O. The fourth-order valence-electron chi connectivity index (χ4n) is 1.52. The SMILES string of the molecule is CON(C)C(c1ccncc1)C(C)N.